The lowest BCUT2D eigenvalue weighted by molar-refractivity contribution is 0.434. The first kappa shape index (κ1) is 14.2. The van der Waals surface area contributed by atoms with E-state index in [1.54, 1.807) is 0 Å². The number of hydrogen-bond donors (Lipinski definition) is 0. The van der Waals surface area contributed by atoms with E-state index in [1.807, 2.05) is 6.07 Å². The molecule has 0 aromatic heterocycles. The van der Waals surface area contributed by atoms with Gasteiger partial charge in [0.2, 0.25) is 0 Å². The predicted octanol–water partition coefficient (Wildman–Crippen LogP) is 5.39. The Kier molecular flexibility index (Phi) is 5.38. The van der Waals surface area contributed by atoms with Gasteiger partial charge in [-0.25, -0.2) is 0 Å². The van der Waals surface area contributed by atoms with Gasteiger partial charge >= 0.3 is 0 Å². The van der Waals surface area contributed by atoms with Gasteiger partial charge in [0.25, 0.3) is 0 Å². The minimum Gasteiger partial charge on any atom is -0.368 e. The van der Waals surface area contributed by atoms with Gasteiger partial charge in [-0.1, -0.05) is 40.9 Å². The Morgan fingerprint density at radius 2 is 2.22 bits per heavy atom. The molecule has 1 unspecified atom stereocenters. The van der Waals surface area contributed by atoms with Crippen molar-refractivity contribution in [2.75, 3.05) is 11.4 Å². The normalized spacial score (nSPS) is 20.2. The summed E-state index contributed by atoms with van der Waals surface area (Å²) >= 11 is 9.68. The van der Waals surface area contributed by atoms with Gasteiger partial charge in [0, 0.05) is 28.6 Å². The monoisotopic (exact) mass is 329 g/mol. The van der Waals surface area contributed by atoms with Crippen LogP contribution < -0.4 is 4.90 Å². The molecule has 0 aliphatic carbocycles. The van der Waals surface area contributed by atoms with Crippen LogP contribution in [-0.4, -0.2) is 12.6 Å². The average molecular weight is 331 g/mol. The summed E-state index contributed by atoms with van der Waals surface area (Å²) in [7, 11) is 0. The molecule has 100 valence electrons. The van der Waals surface area contributed by atoms with Crippen LogP contribution in [0.5, 0.6) is 0 Å². The van der Waals surface area contributed by atoms with Gasteiger partial charge < -0.3 is 4.90 Å². The number of nitrogens with zero attached hydrogens (tertiary/aromatic N) is 1. The molecule has 1 aromatic carbocycles. The number of halogens is 2. The predicted molar refractivity (Wildman–Crippen MR) is 84.0 cm³/mol. The Morgan fingerprint density at radius 1 is 1.39 bits per heavy atom. The molecule has 0 amide bonds. The molecule has 0 spiro atoms. The van der Waals surface area contributed by atoms with Gasteiger partial charge in [0.05, 0.1) is 0 Å². The second-order valence-electron chi connectivity index (χ2n) is 5.04. The maximum Gasteiger partial charge on any atom is 0.0410 e. The summed E-state index contributed by atoms with van der Waals surface area (Å²) < 4.78 is 0. The molecular weight excluding hydrogens is 310 g/mol. The molecule has 2 rings (SSSR count). The standard InChI is InChI=1S/C15H21BrClN/c1-2-5-14-6-3-4-9-18(14)15-8-7-13(17)10-12(15)11-16/h7-8,10,14H,2-6,9,11H2,1H3. The third-order valence-electron chi connectivity index (χ3n) is 3.74. The van der Waals surface area contributed by atoms with Crippen molar-refractivity contribution < 1.29 is 0 Å². The minimum atomic E-state index is 0.711. The van der Waals surface area contributed by atoms with Crippen molar-refractivity contribution in [2.45, 2.75) is 50.4 Å². The van der Waals surface area contributed by atoms with E-state index >= 15 is 0 Å². The van der Waals surface area contributed by atoms with Crippen molar-refractivity contribution in [2.24, 2.45) is 0 Å². The molecule has 0 radical (unpaired) electrons. The molecule has 1 nitrogen and oxygen atoms in total. The van der Waals surface area contributed by atoms with Gasteiger partial charge in [0.15, 0.2) is 0 Å². The smallest absolute Gasteiger partial charge is 0.0410 e. The Bertz CT molecular complexity index is 392. The third-order valence-corrected chi connectivity index (χ3v) is 4.58. The van der Waals surface area contributed by atoms with Gasteiger partial charge in [-0.15, -0.1) is 0 Å². The molecule has 0 N–H and O–H groups in total. The Hall–Kier alpha value is -0.210. The molecule has 1 atom stereocenters. The number of alkyl halides is 1. The van der Waals surface area contributed by atoms with Gasteiger partial charge in [0.1, 0.15) is 0 Å². The molecule has 1 saturated heterocycles. The molecule has 18 heavy (non-hydrogen) atoms. The van der Waals surface area contributed by atoms with E-state index in [9.17, 15) is 0 Å². The van der Waals surface area contributed by atoms with E-state index in [1.165, 1.54) is 49.9 Å². The molecular formula is C15H21BrClN. The fourth-order valence-corrected chi connectivity index (χ4v) is 3.54. The zero-order valence-electron chi connectivity index (χ0n) is 11.0. The molecule has 1 heterocycles. The molecule has 1 aliphatic heterocycles. The van der Waals surface area contributed by atoms with Crippen molar-refractivity contribution in [1.82, 2.24) is 0 Å². The number of hydrogen-bond acceptors (Lipinski definition) is 1. The van der Waals surface area contributed by atoms with Crippen LogP contribution in [-0.2, 0) is 5.33 Å². The van der Waals surface area contributed by atoms with Crippen LogP contribution in [0.3, 0.4) is 0 Å². The van der Waals surface area contributed by atoms with Crippen molar-refractivity contribution in [1.29, 1.82) is 0 Å². The molecule has 1 fully saturated rings. The molecule has 1 aliphatic rings. The lowest BCUT2D eigenvalue weighted by atomic mass is 9.96. The highest BCUT2D eigenvalue weighted by molar-refractivity contribution is 9.08. The highest BCUT2D eigenvalue weighted by Crippen LogP contribution is 2.32. The summed E-state index contributed by atoms with van der Waals surface area (Å²) in [5, 5.41) is 1.70. The summed E-state index contributed by atoms with van der Waals surface area (Å²) in [6, 6.07) is 7.00. The molecule has 3 heteroatoms. The third kappa shape index (κ3) is 3.21. The summed E-state index contributed by atoms with van der Waals surface area (Å²) in [4.78, 5) is 2.60. The van der Waals surface area contributed by atoms with Crippen LogP contribution >= 0.6 is 27.5 Å². The van der Waals surface area contributed by atoms with E-state index in [0.29, 0.717) is 6.04 Å². The Balaban J connectivity index is 2.27. The van der Waals surface area contributed by atoms with Crippen molar-refractivity contribution in [3.05, 3.63) is 28.8 Å². The zero-order chi connectivity index (χ0) is 13.0. The van der Waals surface area contributed by atoms with Crippen LogP contribution in [0.2, 0.25) is 5.02 Å². The largest absolute Gasteiger partial charge is 0.368 e. The summed E-state index contributed by atoms with van der Waals surface area (Å²) in [6.45, 7) is 3.46. The average Bonchev–Trinajstić information content (AvgIpc) is 2.40. The van der Waals surface area contributed by atoms with Gasteiger partial charge in [-0.2, -0.15) is 0 Å². The van der Waals surface area contributed by atoms with E-state index in [-0.39, 0.29) is 0 Å². The van der Waals surface area contributed by atoms with Crippen LogP contribution in [0.15, 0.2) is 18.2 Å². The van der Waals surface area contributed by atoms with E-state index in [0.717, 1.165) is 10.4 Å². The number of rotatable bonds is 4. The Morgan fingerprint density at radius 3 is 2.94 bits per heavy atom. The second-order valence-corrected chi connectivity index (χ2v) is 6.04. The molecule has 0 saturated carbocycles. The van der Waals surface area contributed by atoms with E-state index in [2.05, 4.69) is 39.9 Å². The van der Waals surface area contributed by atoms with Gasteiger partial charge in [-0.3, -0.25) is 0 Å². The lowest BCUT2D eigenvalue weighted by Gasteiger charge is -2.38. The van der Waals surface area contributed by atoms with Crippen LogP contribution in [0, 0.1) is 0 Å². The first-order valence-electron chi connectivity index (χ1n) is 6.87. The molecule has 1 aromatic rings. The number of piperidine rings is 1. The maximum absolute atomic E-state index is 6.09. The quantitative estimate of drug-likeness (QED) is 0.669. The highest BCUT2D eigenvalue weighted by atomic mass is 79.9. The lowest BCUT2D eigenvalue weighted by Crippen LogP contribution is -2.40. The number of benzene rings is 1. The fourth-order valence-electron chi connectivity index (χ4n) is 2.89. The van der Waals surface area contributed by atoms with Crippen LogP contribution in [0.1, 0.15) is 44.6 Å². The fraction of sp³-hybridized carbons (Fsp3) is 0.600. The SMILES string of the molecule is CCCC1CCCCN1c1ccc(Cl)cc1CBr. The van der Waals surface area contributed by atoms with Crippen molar-refractivity contribution >= 4 is 33.2 Å². The van der Waals surface area contributed by atoms with E-state index < -0.39 is 0 Å². The van der Waals surface area contributed by atoms with Crippen LogP contribution in [0.4, 0.5) is 5.69 Å². The topological polar surface area (TPSA) is 3.24 Å². The van der Waals surface area contributed by atoms with Crippen molar-refractivity contribution in [3.8, 4) is 0 Å². The molecule has 0 bridgehead atoms. The summed E-state index contributed by atoms with van der Waals surface area (Å²) in [5.41, 5.74) is 2.68. The van der Waals surface area contributed by atoms with Gasteiger partial charge in [-0.05, 0) is 49.4 Å². The zero-order valence-corrected chi connectivity index (χ0v) is 13.3. The number of anilines is 1. The summed E-state index contributed by atoms with van der Waals surface area (Å²) in [6.07, 6.45) is 6.57. The first-order chi connectivity index (χ1) is 8.76. The highest BCUT2D eigenvalue weighted by Gasteiger charge is 2.23. The minimum absolute atomic E-state index is 0.711. The first-order valence-corrected chi connectivity index (χ1v) is 8.37. The summed E-state index contributed by atoms with van der Waals surface area (Å²) in [5.74, 6) is 0. The van der Waals surface area contributed by atoms with Crippen molar-refractivity contribution in [3.63, 3.8) is 0 Å². The van der Waals surface area contributed by atoms with E-state index in [4.69, 9.17) is 11.6 Å². The van der Waals surface area contributed by atoms with Crippen LogP contribution in [0.25, 0.3) is 0 Å². The Labute approximate surface area is 124 Å². The maximum atomic E-state index is 6.09. The second kappa shape index (κ2) is 6.81.